The molecule has 0 fully saturated rings. The molecule has 0 bridgehead atoms. The summed E-state index contributed by atoms with van der Waals surface area (Å²) in [5.74, 6) is -1.64. The predicted molar refractivity (Wildman–Crippen MR) is 90.7 cm³/mol. The summed E-state index contributed by atoms with van der Waals surface area (Å²) in [5.41, 5.74) is -1.27. The van der Waals surface area contributed by atoms with Gasteiger partial charge in [0.05, 0.1) is 7.11 Å². The van der Waals surface area contributed by atoms with E-state index < -0.39 is 17.8 Å². The third kappa shape index (κ3) is 2.81. The van der Waals surface area contributed by atoms with Crippen LogP contribution in [0.25, 0.3) is 0 Å². The number of halogens is 3. The lowest BCUT2D eigenvalue weighted by Crippen LogP contribution is -2.55. The number of carbonyl (C=O) groups is 1. The minimum Gasteiger partial charge on any atom is -0.465 e. The van der Waals surface area contributed by atoms with Gasteiger partial charge in [0.2, 0.25) is 0 Å². The van der Waals surface area contributed by atoms with E-state index in [1.807, 2.05) is 6.92 Å². The smallest absolute Gasteiger partial charge is 0.445 e. The van der Waals surface area contributed by atoms with E-state index in [1.54, 1.807) is 43.5 Å². The Morgan fingerprint density at radius 1 is 1.15 bits per heavy atom. The molecule has 1 aromatic rings. The topological polar surface area (TPSA) is 54.3 Å². The lowest BCUT2D eigenvalue weighted by Gasteiger charge is -2.36. The number of methoxy groups -OCH3 is 1. The summed E-state index contributed by atoms with van der Waals surface area (Å²) in [6, 6.07) is 6.81. The standard InChI is InChI=1S/C18H16F3N3O2/c1-11-4-6-13(7-5-11)15-23-17(16(25)26-3,18(19,20)21)22-14-10-12(2)8-9-24(14)15/h4-10H,1-3H3/t17-/m1/s1. The fourth-order valence-electron chi connectivity index (χ4n) is 2.64. The Bertz CT molecular complexity index is 867. The molecule has 0 saturated carbocycles. The number of amidine groups is 2. The van der Waals surface area contributed by atoms with Crippen molar-refractivity contribution < 1.29 is 22.7 Å². The fraction of sp³-hybridized carbons (Fsp3) is 0.278. The van der Waals surface area contributed by atoms with Crippen molar-refractivity contribution in [1.82, 2.24) is 4.90 Å². The summed E-state index contributed by atoms with van der Waals surface area (Å²) in [6.45, 7) is 3.59. The first kappa shape index (κ1) is 17.9. The van der Waals surface area contributed by atoms with E-state index in [0.29, 0.717) is 11.1 Å². The van der Waals surface area contributed by atoms with Gasteiger partial charge in [0.15, 0.2) is 0 Å². The number of benzene rings is 1. The molecular weight excluding hydrogens is 347 g/mol. The minimum atomic E-state index is -5.06. The Hall–Kier alpha value is -2.90. The zero-order valence-electron chi connectivity index (χ0n) is 14.3. The van der Waals surface area contributed by atoms with Crippen LogP contribution in [0.5, 0.6) is 0 Å². The number of hydrogen-bond donors (Lipinski definition) is 0. The molecule has 1 aromatic carbocycles. The lowest BCUT2D eigenvalue weighted by atomic mass is 10.0. The molecule has 0 aliphatic carbocycles. The first-order chi connectivity index (χ1) is 12.2. The van der Waals surface area contributed by atoms with E-state index >= 15 is 0 Å². The van der Waals surface area contributed by atoms with Gasteiger partial charge in [0.1, 0.15) is 11.7 Å². The number of hydrogen-bond acceptors (Lipinski definition) is 5. The molecule has 0 spiro atoms. The molecule has 5 nitrogen and oxygen atoms in total. The van der Waals surface area contributed by atoms with E-state index in [9.17, 15) is 18.0 Å². The number of aryl methyl sites for hydroxylation is 1. The highest BCUT2D eigenvalue weighted by Crippen LogP contribution is 2.40. The molecule has 26 heavy (non-hydrogen) atoms. The van der Waals surface area contributed by atoms with E-state index in [0.717, 1.165) is 12.7 Å². The van der Waals surface area contributed by atoms with Gasteiger partial charge in [-0.2, -0.15) is 13.2 Å². The largest absolute Gasteiger partial charge is 0.465 e. The fourth-order valence-corrected chi connectivity index (χ4v) is 2.64. The second-order valence-corrected chi connectivity index (χ2v) is 6.01. The molecule has 8 heteroatoms. The Labute approximate surface area is 148 Å². The van der Waals surface area contributed by atoms with Gasteiger partial charge in [0, 0.05) is 11.8 Å². The second-order valence-electron chi connectivity index (χ2n) is 6.01. The molecule has 0 saturated heterocycles. The van der Waals surface area contributed by atoms with Gasteiger partial charge in [-0.25, -0.2) is 14.8 Å². The van der Waals surface area contributed by atoms with Crippen molar-refractivity contribution in [3.05, 3.63) is 59.3 Å². The van der Waals surface area contributed by atoms with Gasteiger partial charge in [0.25, 0.3) is 0 Å². The summed E-state index contributed by atoms with van der Waals surface area (Å²) in [5, 5.41) is 0. The molecular formula is C18H16F3N3O2. The highest BCUT2D eigenvalue weighted by molar-refractivity contribution is 6.17. The molecule has 0 radical (unpaired) electrons. The van der Waals surface area contributed by atoms with E-state index in [2.05, 4.69) is 14.7 Å². The number of ether oxygens (including phenoxy) is 1. The molecule has 0 aromatic heterocycles. The summed E-state index contributed by atoms with van der Waals surface area (Å²) >= 11 is 0. The summed E-state index contributed by atoms with van der Waals surface area (Å²) in [7, 11) is 0.880. The summed E-state index contributed by atoms with van der Waals surface area (Å²) < 4.78 is 46.0. The van der Waals surface area contributed by atoms with Gasteiger partial charge in [-0.3, -0.25) is 4.90 Å². The van der Waals surface area contributed by atoms with Crippen molar-refractivity contribution in [2.75, 3.05) is 7.11 Å². The maximum Gasteiger partial charge on any atom is 0.445 e. The average molecular weight is 363 g/mol. The predicted octanol–water partition coefficient (Wildman–Crippen LogP) is 3.36. The number of rotatable bonds is 2. The Kier molecular flexibility index (Phi) is 4.21. The van der Waals surface area contributed by atoms with Crippen LogP contribution in [0.2, 0.25) is 0 Å². The SMILES string of the molecule is COC(=O)[C@@]1(C(F)(F)F)N=C2C=C(C)C=CN2C(c2ccc(C)cc2)=N1. The molecule has 0 N–H and O–H groups in total. The zero-order chi connectivity index (χ0) is 19.1. The van der Waals surface area contributed by atoms with Crippen LogP contribution >= 0.6 is 0 Å². The number of allylic oxidation sites excluding steroid dienone is 2. The van der Waals surface area contributed by atoms with Crippen LogP contribution in [0.1, 0.15) is 18.1 Å². The van der Waals surface area contributed by atoms with E-state index in [1.165, 1.54) is 11.0 Å². The van der Waals surface area contributed by atoms with Crippen molar-refractivity contribution in [3.8, 4) is 0 Å². The first-order valence-electron chi connectivity index (χ1n) is 7.75. The van der Waals surface area contributed by atoms with Crippen molar-refractivity contribution in [2.24, 2.45) is 9.98 Å². The van der Waals surface area contributed by atoms with Gasteiger partial charge in [-0.05, 0) is 31.6 Å². The normalized spacial score (nSPS) is 22.2. The number of esters is 1. The van der Waals surface area contributed by atoms with Gasteiger partial charge in [-0.15, -0.1) is 0 Å². The van der Waals surface area contributed by atoms with Crippen molar-refractivity contribution in [1.29, 1.82) is 0 Å². The van der Waals surface area contributed by atoms with Crippen LogP contribution in [0, 0.1) is 6.92 Å². The monoisotopic (exact) mass is 363 g/mol. The average Bonchev–Trinajstić information content (AvgIpc) is 2.59. The zero-order valence-corrected chi connectivity index (χ0v) is 14.3. The van der Waals surface area contributed by atoms with E-state index in [-0.39, 0.29) is 11.7 Å². The van der Waals surface area contributed by atoms with Crippen LogP contribution in [-0.2, 0) is 9.53 Å². The minimum absolute atomic E-state index is 0.0294. The maximum atomic E-state index is 13.9. The highest BCUT2D eigenvalue weighted by Gasteiger charge is 2.64. The summed E-state index contributed by atoms with van der Waals surface area (Å²) in [4.78, 5) is 20.9. The van der Waals surface area contributed by atoms with Crippen LogP contribution in [0.3, 0.4) is 0 Å². The molecule has 2 aliphatic rings. The molecule has 1 atom stereocenters. The Morgan fingerprint density at radius 3 is 2.38 bits per heavy atom. The van der Waals surface area contributed by atoms with E-state index in [4.69, 9.17) is 0 Å². The Balaban J connectivity index is 2.27. The number of alkyl halides is 3. The van der Waals surface area contributed by atoms with Gasteiger partial charge >= 0.3 is 17.8 Å². The molecule has 2 aliphatic heterocycles. The molecule has 0 amide bonds. The van der Waals surface area contributed by atoms with Gasteiger partial charge in [-0.1, -0.05) is 29.8 Å². The number of nitrogens with zero attached hydrogens (tertiary/aromatic N) is 3. The van der Waals surface area contributed by atoms with Crippen molar-refractivity contribution >= 4 is 17.6 Å². The quantitative estimate of drug-likeness (QED) is 0.757. The van der Waals surface area contributed by atoms with Crippen molar-refractivity contribution in [3.63, 3.8) is 0 Å². The molecule has 0 unspecified atom stereocenters. The second kappa shape index (κ2) is 6.12. The number of carbonyl (C=O) groups excluding carboxylic acids is 1. The Morgan fingerprint density at radius 2 is 1.81 bits per heavy atom. The first-order valence-corrected chi connectivity index (χ1v) is 7.75. The van der Waals surface area contributed by atoms with Crippen LogP contribution in [0.4, 0.5) is 13.2 Å². The van der Waals surface area contributed by atoms with Gasteiger partial charge < -0.3 is 4.74 Å². The molecule has 136 valence electrons. The maximum absolute atomic E-state index is 13.9. The number of fused-ring (bicyclic) bond motifs is 1. The number of aliphatic imine (C=N–C) groups is 2. The summed E-state index contributed by atoms with van der Waals surface area (Å²) in [6.07, 6.45) is -0.295. The third-order valence-corrected chi connectivity index (χ3v) is 4.04. The van der Waals surface area contributed by atoms with Crippen LogP contribution < -0.4 is 0 Å². The third-order valence-electron chi connectivity index (χ3n) is 4.04. The molecule has 3 rings (SSSR count). The van der Waals surface area contributed by atoms with Crippen LogP contribution in [-0.4, -0.2) is 41.5 Å². The van der Waals surface area contributed by atoms with Crippen LogP contribution in [0.15, 0.2) is 58.2 Å². The molecule has 2 heterocycles. The van der Waals surface area contributed by atoms with Crippen molar-refractivity contribution in [2.45, 2.75) is 25.7 Å². The lowest BCUT2D eigenvalue weighted by molar-refractivity contribution is -0.202. The highest BCUT2D eigenvalue weighted by atomic mass is 19.4.